The summed E-state index contributed by atoms with van der Waals surface area (Å²) in [5.74, 6) is 1.09. The van der Waals surface area contributed by atoms with Crippen molar-refractivity contribution < 1.29 is 4.74 Å². The van der Waals surface area contributed by atoms with Crippen LogP contribution in [0.4, 0.5) is 0 Å². The molecule has 1 N–H and O–H groups in total. The van der Waals surface area contributed by atoms with Crippen LogP contribution in [-0.2, 0) is 12.8 Å². The topological polar surface area (TPSA) is 24.5 Å². The van der Waals surface area contributed by atoms with E-state index in [9.17, 15) is 0 Å². The Morgan fingerprint density at radius 1 is 1.43 bits per heavy atom. The molecule has 21 heavy (non-hydrogen) atoms. The van der Waals surface area contributed by atoms with Gasteiger partial charge in [-0.15, -0.1) is 0 Å². The van der Waals surface area contributed by atoms with Gasteiger partial charge in [0.1, 0.15) is 5.75 Å². The van der Waals surface area contributed by atoms with E-state index in [1.807, 2.05) is 0 Å². The van der Waals surface area contributed by atoms with Crippen LogP contribution in [0.5, 0.6) is 5.75 Å². The molecular weight excluding hydrogens is 260 g/mol. The van der Waals surface area contributed by atoms with Crippen molar-refractivity contribution in [3.63, 3.8) is 0 Å². The zero-order valence-corrected chi connectivity index (χ0v) is 13.6. The molecule has 2 atom stereocenters. The number of nitrogens with one attached hydrogen (secondary N) is 1. The minimum absolute atomic E-state index is 0.276. The molecule has 3 rings (SSSR count). The van der Waals surface area contributed by atoms with E-state index in [0.29, 0.717) is 6.04 Å². The Labute approximate surface area is 128 Å². The first-order valence-electron chi connectivity index (χ1n) is 8.33. The maximum absolute atomic E-state index is 5.59. The molecule has 2 aliphatic heterocycles. The van der Waals surface area contributed by atoms with Crippen LogP contribution in [-0.4, -0.2) is 42.7 Å². The number of rotatable bonds is 4. The van der Waals surface area contributed by atoms with Gasteiger partial charge in [-0.3, -0.25) is 4.90 Å². The molecule has 2 heterocycles. The molecule has 1 aromatic carbocycles. The SMILES string of the molecule is CCC1(C)CN(CCc2ccc3c(c2)CCO3)C(C)CN1. The van der Waals surface area contributed by atoms with Gasteiger partial charge in [-0.2, -0.15) is 0 Å². The zero-order chi connectivity index (χ0) is 14.9. The fourth-order valence-corrected chi connectivity index (χ4v) is 3.39. The number of piperazine rings is 1. The van der Waals surface area contributed by atoms with Crippen LogP contribution in [0, 0.1) is 0 Å². The Kier molecular flexibility index (Phi) is 4.23. The van der Waals surface area contributed by atoms with Crippen LogP contribution in [0.15, 0.2) is 18.2 Å². The molecule has 3 nitrogen and oxygen atoms in total. The van der Waals surface area contributed by atoms with Gasteiger partial charge in [0, 0.05) is 37.6 Å². The van der Waals surface area contributed by atoms with Gasteiger partial charge in [0.25, 0.3) is 0 Å². The van der Waals surface area contributed by atoms with Gasteiger partial charge >= 0.3 is 0 Å². The normalized spacial score (nSPS) is 29.2. The molecule has 0 amide bonds. The summed E-state index contributed by atoms with van der Waals surface area (Å²) in [7, 11) is 0. The highest BCUT2D eigenvalue weighted by Crippen LogP contribution is 2.26. The third kappa shape index (κ3) is 3.24. The van der Waals surface area contributed by atoms with E-state index in [-0.39, 0.29) is 5.54 Å². The molecule has 2 aliphatic rings. The predicted molar refractivity (Wildman–Crippen MR) is 87.1 cm³/mol. The summed E-state index contributed by atoms with van der Waals surface area (Å²) in [6.07, 6.45) is 3.39. The number of hydrogen-bond donors (Lipinski definition) is 1. The Hall–Kier alpha value is -1.06. The second-order valence-corrected chi connectivity index (χ2v) is 6.91. The average molecular weight is 288 g/mol. The van der Waals surface area contributed by atoms with E-state index in [4.69, 9.17) is 4.74 Å². The lowest BCUT2D eigenvalue weighted by Crippen LogP contribution is -2.62. The third-order valence-corrected chi connectivity index (χ3v) is 5.22. The molecule has 0 radical (unpaired) electrons. The Morgan fingerprint density at radius 3 is 3.10 bits per heavy atom. The summed E-state index contributed by atoms with van der Waals surface area (Å²) in [4.78, 5) is 2.64. The quantitative estimate of drug-likeness (QED) is 0.922. The molecule has 3 heteroatoms. The van der Waals surface area contributed by atoms with Crippen LogP contribution < -0.4 is 10.1 Å². The minimum Gasteiger partial charge on any atom is -0.493 e. The monoisotopic (exact) mass is 288 g/mol. The summed E-state index contributed by atoms with van der Waals surface area (Å²) >= 11 is 0. The first kappa shape index (κ1) is 14.9. The van der Waals surface area contributed by atoms with Crippen molar-refractivity contribution in [2.24, 2.45) is 0 Å². The fraction of sp³-hybridized carbons (Fsp3) is 0.667. The number of nitrogens with zero attached hydrogens (tertiary/aromatic N) is 1. The second-order valence-electron chi connectivity index (χ2n) is 6.91. The molecule has 0 saturated carbocycles. The van der Waals surface area contributed by atoms with Gasteiger partial charge in [-0.25, -0.2) is 0 Å². The van der Waals surface area contributed by atoms with E-state index in [1.165, 1.54) is 17.5 Å². The maximum atomic E-state index is 5.59. The standard InChI is InChI=1S/C18H28N2O/c1-4-18(3)13-20(14(2)12-19-18)9-7-15-5-6-17-16(11-15)8-10-21-17/h5-6,11,14,19H,4,7-10,12-13H2,1-3H3. The fourth-order valence-electron chi connectivity index (χ4n) is 3.39. The average Bonchev–Trinajstić information content (AvgIpc) is 2.96. The molecule has 1 saturated heterocycles. The van der Waals surface area contributed by atoms with Crippen molar-refractivity contribution in [2.45, 2.75) is 51.6 Å². The molecule has 0 spiro atoms. The number of ether oxygens (including phenoxy) is 1. The first-order chi connectivity index (χ1) is 10.1. The van der Waals surface area contributed by atoms with Gasteiger partial charge < -0.3 is 10.1 Å². The van der Waals surface area contributed by atoms with Crippen LogP contribution in [0.1, 0.15) is 38.3 Å². The van der Waals surface area contributed by atoms with E-state index in [0.717, 1.165) is 44.8 Å². The van der Waals surface area contributed by atoms with Crippen molar-refractivity contribution in [1.29, 1.82) is 0 Å². The van der Waals surface area contributed by atoms with Crippen molar-refractivity contribution in [3.8, 4) is 5.75 Å². The number of benzene rings is 1. The summed E-state index contributed by atoms with van der Waals surface area (Å²) in [6.45, 7) is 11.2. The van der Waals surface area contributed by atoms with Crippen LogP contribution >= 0.6 is 0 Å². The Morgan fingerprint density at radius 2 is 2.29 bits per heavy atom. The minimum atomic E-state index is 0.276. The molecule has 0 aromatic heterocycles. The predicted octanol–water partition coefficient (Wildman–Crippen LogP) is 2.63. The van der Waals surface area contributed by atoms with Crippen molar-refractivity contribution in [2.75, 3.05) is 26.2 Å². The van der Waals surface area contributed by atoms with Crippen LogP contribution in [0.2, 0.25) is 0 Å². The van der Waals surface area contributed by atoms with Crippen molar-refractivity contribution >= 4 is 0 Å². The van der Waals surface area contributed by atoms with Crippen molar-refractivity contribution in [1.82, 2.24) is 10.2 Å². The van der Waals surface area contributed by atoms with E-state index < -0.39 is 0 Å². The molecule has 1 aromatic rings. The molecule has 1 fully saturated rings. The van der Waals surface area contributed by atoms with Crippen LogP contribution in [0.25, 0.3) is 0 Å². The van der Waals surface area contributed by atoms with E-state index in [2.05, 4.69) is 49.2 Å². The smallest absolute Gasteiger partial charge is 0.122 e. The highest BCUT2D eigenvalue weighted by molar-refractivity contribution is 5.39. The Balaban J connectivity index is 1.61. The highest BCUT2D eigenvalue weighted by Gasteiger charge is 2.32. The van der Waals surface area contributed by atoms with E-state index >= 15 is 0 Å². The molecule has 116 valence electrons. The second kappa shape index (κ2) is 5.98. The maximum Gasteiger partial charge on any atom is 0.122 e. The first-order valence-corrected chi connectivity index (χ1v) is 8.33. The lowest BCUT2D eigenvalue weighted by atomic mass is 9.93. The summed E-state index contributed by atoms with van der Waals surface area (Å²) in [5, 5.41) is 3.70. The third-order valence-electron chi connectivity index (χ3n) is 5.22. The Bertz CT molecular complexity index is 502. The number of fused-ring (bicyclic) bond motifs is 1. The van der Waals surface area contributed by atoms with Gasteiger partial charge in [0.15, 0.2) is 0 Å². The van der Waals surface area contributed by atoms with Crippen molar-refractivity contribution in [3.05, 3.63) is 29.3 Å². The van der Waals surface area contributed by atoms with Gasteiger partial charge in [-0.1, -0.05) is 19.1 Å². The molecular formula is C18H28N2O. The van der Waals surface area contributed by atoms with Crippen LogP contribution in [0.3, 0.4) is 0 Å². The van der Waals surface area contributed by atoms with Gasteiger partial charge in [-0.05, 0) is 43.9 Å². The van der Waals surface area contributed by atoms with Gasteiger partial charge in [0.2, 0.25) is 0 Å². The molecule has 0 bridgehead atoms. The highest BCUT2D eigenvalue weighted by atomic mass is 16.5. The lowest BCUT2D eigenvalue weighted by Gasteiger charge is -2.45. The lowest BCUT2D eigenvalue weighted by molar-refractivity contribution is 0.0944. The summed E-state index contributed by atoms with van der Waals surface area (Å²) < 4.78 is 5.59. The largest absolute Gasteiger partial charge is 0.493 e. The van der Waals surface area contributed by atoms with E-state index in [1.54, 1.807) is 0 Å². The molecule has 0 aliphatic carbocycles. The summed E-state index contributed by atoms with van der Waals surface area (Å²) in [6, 6.07) is 7.35. The zero-order valence-electron chi connectivity index (χ0n) is 13.6. The molecule has 2 unspecified atom stereocenters. The number of hydrogen-bond acceptors (Lipinski definition) is 3. The van der Waals surface area contributed by atoms with Gasteiger partial charge in [0.05, 0.1) is 6.61 Å². The summed E-state index contributed by atoms with van der Waals surface area (Å²) in [5.41, 5.74) is 3.11.